The lowest BCUT2D eigenvalue weighted by molar-refractivity contribution is -0.172. The first-order chi connectivity index (χ1) is 24.0. The largest absolute Gasteiger partial charge is 0.378 e. The number of rotatable bonds is 22. The SMILES string of the molecule is COC(COCC(CN1CCN(CCCN2c3ccccc3Sc3ccc(Cl)cc32)CC1)OC)COCC(OC)C(C)(C)OCC(C)(C)OC. The van der Waals surface area contributed by atoms with Crippen LogP contribution in [0.3, 0.4) is 0 Å². The zero-order chi connectivity index (χ0) is 36.1. The fourth-order valence-corrected chi connectivity index (χ4v) is 7.30. The van der Waals surface area contributed by atoms with E-state index in [0.717, 1.165) is 57.3 Å². The van der Waals surface area contributed by atoms with Crippen LogP contribution in [0.15, 0.2) is 52.3 Å². The van der Waals surface area contributed by atoms with Gasteiger partial charge in [0.05, 0.1) is 61.7 Å². The lowest BCUT2D eigenvalue weighted by Crippen LogP contribution is -2.49. The zero-order valence-corrected chi connectivity index (χ0v) is 33.0. The first kappa shape index (κ1) is 41.3. The minimum atomic E-state index is -0.553. The molecule has 3 unspecified atom stereocenters. The molecule has 0 saturated carbocycles. The number of hydrogen-bond donors (Lipinski definition) is 0. The lowest BCUT2D eigenvalue weighted by atomic mass is 10.0. The molecular formula is C38H60ClN3O7S. The van der Waals surface area contributed by atoms with Gasteiger partial charge >= 0.3 is 0 Å². The number of ether oxygens (including phenoxy) is 7. The average Bonchev–Trinajstić information content (AvgIpc) is 3.11. The molecule has 2 heterocycles. The minimum Gasteiger partial charge on any atom is -0.378 e. The molecule has 50 heavy (non-hydrogen) atoms. The number of methoxy groups -OCH3 is 4. The summed E-state index contributed by atoms with van der Waals surface area (Å²) in [4.78, 5) is 10.0. The molecule has 4 rings (SSSR count). The van der Waals surface area contributed by atoms with Crippen LogP contribution in [0.25, 0.3) is 0 Å². The fraction of sp³-hybridized carbons (Fsp3) is 0.684. The Labute approximate surface area is 309 Å². The monoisotopic (exact) mass is 737 g/mol. The lowest BCUT2D eigenvalue weighted by Gasteiger charge is -2.37. The quantitative estimate of drug-likeness (QED) is 0.138. The van der Waals surface area contributed by atoms with Crippen LogP contribution in [0.1, 0.15) is 34.1 Å². The van der Waals surface area contributed by atoms with E-state index in [2.05, 4.69) is 51.1 Å². The van der Waals surface area contributed by atoms with E-state index >= 15 is 0 Å². The summed E-state index contributed by atoms with van der Waals surface area (Å²) in [5.74, 6) is 0. The number of nitrogens with zero attached hydrogens (tertiary/aromatic N) is 3. The molecule has 10 nitrogen and oxygen atoms in total. The molecule has 3 atom stereocenters. The Kier molecular flexibility index (Phi) is 16.6. The molecular weight excluding hydrogens is 678 g/mol. The molecule has 1 fully saturated rings. The second-order valence-electron chi connectivity index (χ2n) is 14.2. The van der Waals surface area contributed by atoms with Crippen molar-refractivity contribution in [2.24, 2.45) is 0 Å². The topological polar surface area (TPSA) is 74.3 Å². The Morgan fingerprint density at radius 1 is 0.740 bits per heavy atom. The van der Waals surface area contributed by atoms with E-state index in [9.17, 15) is 0 Å². The molecule has 2 aromatic carbocycles. The van der Waals surface area contributed by atoms with Crippen molar-refractivity contribution in [3.63, 3.8) is 0 Å². The summed E-state index contributed by atoms with van der Waals surface area (Å²) < 4.78 is 40.9. The van der Waals surface area contributed by atoms with Gasteiger partial charge in [-0.05, 0) is 71.0 Å². The van der Waals surface area contributed by atoms with Crippen LogP contribution in [0, 0.1) is 0 Å². The molecule has 0 N–H and O–H groups in total. The van der Waals surface area contributed by atoms with Crippen LogP contribution in [0.4, 0.5) is 11.4 Å². The first-order valence-electron chi connectivity index (χ1n) is 17.7. The molecule has 2 aliphatic heterocycles. The second-order valence-corrected chi connectivity index (χ2v) is 15.7. The minimum absolute atomic E-state index is 0.0175. The van der Waals surface area contributed by atoms with E-state index in [-0.39, 0.29) is 23.9 Å². The number of hydrogen-bond acceptors (Lipinski definition) is 11. The van der Waals surface area contributed by atoms with Gasteiger partial charge in [-0.15, -0.1) is 0 Å². The van der Waals surface area contributed by atoms with Gasteiger partial charge in [-0.25, -0.2) is 0 Å². The second kappa shape index (κ2) is 20.1. The van der Waals surface area contributed by atoms with Gasteiger partial charge in [0.1, 0.15) is 12.2 Å². The highest BCUT2D eigenvalue weighted by Gasteiger charge is 2.33. The highest BCUT2D eigenvalue weighted by atomic mass is 35.5. The van der Waals surface area contributed by atoms with E-state index < -0.39 is 5.60 Å². The molecule has 2 aromatic rings. The Hall–Kier alpha value is -1.48. The molecule has 282 valence electrons. The maximum atomic E-state index is 6.41. The van der Waals surface area contributed by atoms with E-state index in [1.165, 1.54) is 21.2 Å². The number of para-hydroxylation sites is 1. The Morgan fingerprint density at radius 3 is 2.06 bits per heavy atom. The van der Waals surface area contributed by atoms with Gasteiger partial charge < -0.3 is 43.0 Å². The van der Waals surface area contributed by atoms with Crippen molar-refractivity contribution in [2.45, 2.75) is 73.4 Å². The predicted octanol–water partition coefficient (Wildman–Crippen LogP) is 6.25. The van der Waals surface area contributed by atoms with Gasteiger partial charge in [-0.2, -0.15) is 0 Å². The molecule has 0 radical (unpaired) electrons. The van der Waals surface area contributed by atoms with E-state index in [1.54, 1.807) is 28.4 Å². The van der Waals surface area contributed by atoms with Gasteiger partial charge in [0.15, 0.2) is 0 Å². The normalized spacial score (nSPS) is 17.7. The van der Waals surface area contributed by atoms with Gasteiger partial charge in [-0.3, -0.25) is 4.90 Å². The van der Waals surface area contributed by atoms with Crippen molar-refractivity contribution < 1.29 is 33.2 Å². The van der Waals surface area contributed by atoms with E-state index in [1.807, 2.05) is 45.5 Å². The van der Waals surface area contributed by atoms with E-state index in [4.69, 9.17) is 44.8 Å². The van der Waals surface area contributed by atoms with Gasteiger partial charge in [0.25, 0.3) is 0 Å². The highest BCUT2D eigenvalue weighted by molar-refractivity contribution is 7.99. The molecule has 0 amide bonds. The molecule has 0 aromatic heterocycles. The molecule has 2 aliphatic rings. The predicted molar refractivity (Wildman–Crippen MR) is 202 cm³/mol. The number of halogens is 1. The Bertz CT molecular complexity index is 1300. The fourth-order valence-electron chi connectivity index (χ4n) is 6.06. The van der Waals surface area contributed by atoms with Crippen molar-refractivity contribution >= 4 is 34.7 Å². The molecule has 0 aliphatic carbocycles. The highest BCUT2D eigenvalue weighted by Crippen LogP contribution is 2.48. The maximum absolute atomic E-state index is 6.41. The Morgan fingerprint density at radius 2 is 1.38 bits per heavy atom. The summed E-state index contributed by atoms with van der Waals surface area (Å²) in [6.45, 7) is 17.1. The first-order valence-corrected chi connectivity index (χ1v) is 18.9. The molecule has 0 spiro atoms. The third kappa shape index (κ3) is 12.3. The standard InChI is InChI=1S/C38H60ClN3O7S/c1-37(2,46-8)28-49-38(3,4)36(45-7)27-48-26-31(44-6)25-47-24-30(43-5)23-41-20-18-40(19-21-41)16-11-17-42-32-12-9-10-13-34(32)50-35-15-14-29(39)22-33(35)42/h9-10,12-15,22,30-31,36H,11,16-21,23-28H2,1-8H3. The summed E-state index contributed by atoms with van der Waals surface area (Å²) in [5.41, 5.74) is 1.54. The number of fused-ring (bicyclic) bond motifs is 2. The molecule has 0 bridgehead atoms. The van der Waals surface area contributed by atoms with Crippen molar-refractivity contribution in [3.8, 4) is 0 Å². The molecule has 1 saturated heterocycles. The third-order valence-corrected chi connectivity index (χ3v) is 11.0. The summed E-state index contributed by atoms with van der Waals surface area (Å²) in [5, 5.41) is 0.776. The van der Waals surface area contributed by atoms with Crippen molar-refractivity contribution in [3.05, 3.63) is 47.5 Å². The van der Waals surface area contributed by atoms with Crippen LogP contribution < -0.4 is 4.90 Å². The summed E-state index contributed by atoms with van der Waals surface area (Å²) in [7, 11) is 6.79. The van der Waals surface area contributed by atoms with Crippen LogP contribution in [-0.2, 0) is 33.2 Å². The van der Waals surface area contributed by atoms with Crippen molar-refractivity contribution in [2.75, 3.05) is 112 Å². The van der Waals surface area contributed by atoms with Crippen LogP contribution in [-0.4, -0.2) is 147 Å². The number of anilines is 2. The van der Waals surface area contributed by atoms with Crippen LogP contribution in [0.2, 0.25) is 5.02 Å². The van der Waals surface area contributed by atoms with E-state index in [0.29, 0.717) is 33.0 Å². The summed E-state index contributed by atoms with van der Waals surface area (Å²) in [6.07, 6.45) is 0.605. The summed E-state index contributed by atoms with van der Waals surface area (Å²) >= 11 is 8.23. The van der Waals surface area contributed by atoms with Gasteiger partial charge in [-0.1, -0.05) is 35.5 Å². The zero-order valence-electron chi connectivity index (χ0n) is 31.5. The third-order valence-electron chi connectivity index (χ3n) is 9.62. The van der Waals surface area contributed by atoms with Gasteiger partial charge in [0.2, 0.25) is 0 Å². The smallest absolute Gasteiger partial charge is 0.109 e. The van der Waals surface area contributed by atoms with Crippen LogP contribution in [0.5, 0.6) is 0 Å². The van der Waals surface area contributed by atoms with Gasteiger partial charge in [0, 0.05) is 82.5 Å². The van der Waals surface area contributed by atoms with Crippen molar-refractivity contribution in [1.29, 1.82) is 0 Å². The molecule has 12 heteroatoms. The Balaban J connectivity index is 1.13. The summed E-state index contributed by atoms with van der Waals surface area (Å²) in [6, 6.07) is 14.9. The van der Waals surface area contributed by atoms with Crippen molar-refractivity contribution in [1.82, 2.24) is 9.80 Å². The average molecular weight is 738 g/mol. The maximum Gasteiger partial charge on any atom is 0.109 e. The number of benzene rings is 2. The van der Waals surface area contributed by atoms with Crippen LogP contribution >= 0.6 is 23.4 Å². The number of piperazine rings is 1.